The average molecular weight is 246 g/mol. The summed E-state index contributed by atoms with van der Waals surface area (Å²) in [7, 11) is 2.11. The van der Waals surface area contributed by atoms with Crippen molar-refractivity contribution >= 4 is 5.97 Å². The van der Waals surface area contributed by atoms with Crippen LogP contribution in [0.3, 0.4) is 0 Å². The summed E-state index contributed by atoms with van der Waals surface area (Å²) in [6.07, 6.45) is -2.05. The second-order valence-electron chi connectivity index (χ2n) is 3.10. The molecule has 3 N–H and O–H groups in total. The minimum atomic E-state index is -2.05. The monoisotopic (exact) mass is 246 g/mol. The number of methoxy groups -OCH3 is 2. The zero-order valence-electron chi connectivity index (χ0n) is 9.10. The van der Waals surface area contributed by atoms with Crippen molar-refractivity contribution in [2.45, 2.75) is 6.10 Å². The molecule has 0 fully saturated rings. The fraction of sp³-hybridized carbons (Fsp3) is 0.300. The summed E-state index contributed by atoms with van der Waals surface area (Å²) in [4.78, 5) is 11.1. The molecule has 0 spiro atoms. The highest BCUT2D eigenvalue weighted by atomic mass is 19.1. The van der Waals surface area contributed by atoms with Gasteiger partial charge in [-0.15, -0.1) is 0 Å². The SMILES string of the molecule is COC(=O)C(O)c1c(O)c(O)cc(OC)c1F. The van der Waals surface area contributed by atoms with Crippen molar-refractivity contribution in [1.82, 2.24) is 0 Å². The van der Waals surface area contributed by atoms with Crippen LogP contribution in [0.5, 0.6) is 17.2 Å². The Balaban J connectivity index is 3.40. The number of carbonyl (C=O) groups excluding carboxylic acids is 1. The molecule has 17 heavy (non-hydrogen) atoms. The normalized spacial score (nSPS) is 12.0. The molecule has 6 nitrogen and oxygen atoms in total. The highest BCUT2D eigenvalue weighted by Gasteiger charge is 2.29. The van der Waals surface area contributed by atoms with E-state index in [0.717, 1.165) is 20.3 Å². The Kier molecular flexibility index (Phi) is 3.74. The van der Waals surface area contributed by atoms with Gasteiger partial charge in [-0.2, -0.15) is 0 Å². The van der Waals surface area contributed by atoms with E-state index in [9.17, 15) is 24.5 Å². The van der Waals surface area contributed by atoms with Gasteiger partial charge in [0, 0.05) is 6.07 Å². The molecule has 1 atom stereocenters. The van der Waals surface area contributed by atoms with E-state index in [2.05, 4.69) is 9.47 Å². The van der Waals surface area contributed by atoms with Crippen LogP contribution < -0.4 is 4.74 Å². The van der Waals surface area contributed by atoms with Crippen molar-refractivity contribution in [3.63, 3.8) is 0 Å². The molecule has 7 heteroatoms. The first-order valence-electron chi connectivity index (χ1n) is 4.48. The molecule has 0 saturated heterocycles. The third-order valence-electron chi connectivity index (χ3n) is 2.14. The molecule has 0 aliphatic carbocycles. The Morgan fingerprint density at radius 3 is 2.47 bits per heavy atom. The van der Waals surface area contributed by atoms with Crippen LogP contribution in [-0.2, 0) is 9.53 Å². The number of benzene rings is 1. The van der Waals surface area contributed by atoms with Crippen molar-refractivity contribution < 1.29 is 34.0 Å². The standard InChI is InChI=1S/C10H11FO6/c1-16-5-3-4(12)8(13)6(7(5)11)9(14)10(15)17-2/h3,9,12-14H,1-2H3. The molecule has 0 aliphatic rings. The Bertz CT molecular complexity index is 445. The Hall–Kier alpha value is -2.02. The summed E-state index contributed by atoms with van der Waals surface area (Å²) in [5.41, 5.74) is -0.797. The first kappa shape index (κ1) is 13.0. The third-order valence-corrected chi connectivity index (χ3v) is 2.14. The number of hydrogen-bond acceptors (Lipinski definition) is 6. The molecule has 1 rings (SSSR count). The van der Waals surface area contributed by atoms with Crippen LogP contribution in [0.15, 0.2) is 6.07 Å². The zero-order chi connectivity index (χ0) is 13.2. The fourth-order valence-corrected chi connectivity index (χ4v) is 1.26. The molecule has 94 valence electrons. The molecule has 0 amide bonds. The van der Waals surface area contributed by atoms with Crippen molar-refractivity contribution in [1.29, 1.82) is 0 Å². The number of halogens is 1. The number of aromatic hydroxyl groups is 2. The number of carbonyl (C=O) groups is 1. The van der Waals surface area contributed by atoms with E-state index in [1.165, 1.54) is 0 Å². The van der Waals surface area contributed by atoms with Gasteiger partial charge in [0.15, 0.2) is 29.2 Å². The van der Waals surface area contributed by atoms with Gasteiger partial charge in [0.25, 0.3) is 0 Å². The van der Waals surface area contributed by atoms with Gasteiger partial charge >= 0.3 is 5.97 Å². The van der Waals surface area contributed by atoms with Gasteiger partial charge in [0.05, 0.1) is 19.8 Å². The van der Waals surface area contributed by atoms with Crippen LogP contribution in [0.2, 0.25) is 0 Å². The lowest BCUT2D eigenvalue weighted by Crippen LogP contribution is -2.15. The van der Waals surface area contributed by atoms with Gasteiger partial charge < -0.3 is 24.8 Å². The van der Waals surface area contributed by atoms with Crippen LogP contribution in [0.1, 0.15) is 11.7 Å². The van der Waals surface area contributed by atoms with Gasteiger partial charge in [-0.25, -0.2) is 9.18 Å². The summed E-state index contributed by atoms with van der Waals surface area (Å²) < 4.78 is 22.5. The molecule has 1 unspecified atom stereocenters. The number of phenols is 2. The van der Waals surface area contributed by atoms with E-state index in [1.54, 1.807) is 0 Å². The first-order chi connectivity index (χ1) is 7.93. The molecular weight excluding hydrogens is 235 g/mol. The molecule has 0 saturated carbocycles. The predicted molar refractivity (Wildman–Crippen MR) is 53.3 cm³/mol. The lowest BCUT2D eigenvalue weighted by atomic mass is 10.1. The maximum Gasteiger partial charge on any atom is 0.339 e. The molecule has 0 aliphatic heterocycles. The molecular formula is C10H11FO6. The van der Waals surface area contributed by atoms with Crippen LogP contribution in [0, 0.1) is 5.82 Å². The van der Waals surface area contributed by atoms with Crippen LogP contribution in [0.4, 0.5) is 4.39 Å². The highest BCUT2D eigenvalue weighted by Crippen LogP contribution is 2.40. The number of aliphatic hydroxyl groups is 1. The maximum absolute atomic E-state index is 13.7. The second-order valence-corrected chi connectivity index (χ2v) is 3.10. The van der Waals surface area contributed by atoms with E-state index in [4.69, 9.17) is 0 Å². The fourth-order valence-electron chi connectivity index (χ4n) is 1.26. The smallest absolute Gasteiger partial charge is 0.339 e. The number of ether oxygens (including phenoxy) is 2. The molecule has 0 aromatic heterocycles. The van der Waals surface area contributed by atoms with Crippen molar-refractivity contribution in [3.8, 4) is 17.2 Å². The predicted octanol–water partition coefficient (Wildman–Crippen LogP) is 0.452. The van der Waals surface area contributed by atoms with Gasteiger partial charge in [-0.1, -0.05) is 0 Å². The van der Waals surface area contributed by atoms with Crippen LogP contribution in [-0.4, -0.2) is 35.5 Å². The summed E-state index contributed by atoms with van der Waals surface area (Å²) >= 11 is 0. The van der Waals surface area contributed by atoms with Gasteiger partial charge in [-0.05, 0) is 0 Å². The van der Waals surface area contributed by atoms with E-state index in [-0.39, 0.29) is 0 Å². The molecule has 1 aromatic carbocycles. The topological polar surface area (TPSA) is 96.2 Å². The van der Waals surface area contributed by atoms with Crippen molar-refractivity contribution in [3.05, 3.63) is 17.4 Å². The summed E-state index contributed by atoms with van der Waals surface area (Å²) in [5.74, 6) is -4.41. The van der Waals surface area contributed by atoms with Gasteiger partial charge in [-0.3, -0.25) is 0 Å². The summed E-state index contributed by atoms with van der Waals surface area (Å²) in [6, 6.07) is 0.818. The minimum absolute atomic E-state index is 0.418. The molecule has 0 radical (unpaired) electrons. The van der Waals surface area contributed by atoms with Crippen molar-refractivity contribution in [2.75, 3.05) is 14.2 Å². The number of phenolic OH excluding ortho intramolecular Hbond substituents is 2. The Labute approximate surface area is 95.8 Å². The second kappa shape index (κ2) is 4.88. The number of hydrogen-bond donors (Lipinski definition) is 3. The Morgan fingerprint density at radius 2 is 2.00 bits per heavy atom. The van der Waals surface area contributed by atoms with E-state index < -0.39 is 40.7 Å². The number of aliphatic hydroxyl groups excluding tert-OH is 1. The zero-order valence-corrected chi connectivity index (χ0v) is 9.10. The maximum atomic E-state index is 13.7. The van der Waals surface area contributed by atoms with E-state index in [1.807, 2.05) is 0 Å². The molecule has 1 aromatic rings. The minimum Gasteiger partial charge on any atom is -0.504 e. The van der Waals surface area contributed by atoms with Gasteiger partial charge in [0.2, 0.25) is 0 Å². The van der Waals surface area contributed by atoms with E-state index >= 15 is 0 Å². The van der Waals surface area contributed by atoms with Gasteiger partial charge in [0.1, 0.15) is 0 Å². The highest BCUT2D eigenvalue weighted by molar-refractivity contribution is 5.78. The molecule has 0 bridgehead atoms. The van der Waals surface area contributed by atoms with Crippen LogP contribution >= 0.6 is 0 Å². The summed E-state index contributed by atoms with van der Waals surface area (Å²) in [5, 5.41) is 28.1. The Morgan fingerprint density at radius 1 is 1.41 bits per heavy atom. The third kappa shape index (κ3) is 2.23. The average Bonchev–Trinajstić information content (AvgIpc) is 2.32. The number of rotatable bonds is 3. The summed E-state index contributed by atoms with van der Waals surface area (Å²) in [6.45, 7) is 0. The lowest BCUT2D eigenvalue weighted by Gasteiger charge is -2.14. The van der Waals surface area contributed by atoms with E-state index in [0.29, 0.717) is 0 Å². The quantitative estimate of drug-likeness (QED) is 0.529. The first-order valence-corrected chi connectivity index (χ1v) is 4.48. The van der Waals surface area contributed by atoms with Crippen molar-refractivity contribution in [2.24, 2.45) is 0 Å². The number of esters is 1. The van der Waals surface area contributed by atoms with Crippen LogP contribution in [0.25, 0.3) is 0 Å². The lowest BCUT2D eigenvalue weighted by molar-refractivity contribution is -0.151. The largest absolute Gasteiger partial charge is 0.504 e. The molecule has 0 heterocycles.